The third kappa shape index (κ3) is 5.30. The molecule has 6 heteroatoms. The zero-order valence-electron chi connectivity index (χ0n) is 16.9. The average Bonchev–Trinajstić information content (AvgIpc) is 2.73. The van der Waals surface area contributed by atoms with Gasteiger partial charge in [-0.25, -0.2) is 0 Å². The molecule has 2 amide bonds. The Morgan fingerprint density at radius 1 is 1.21 bits per heavy atom. The molecule has 2 aromatic rings. The summed E-state index contributed by atoms with van der Waals surface area (Å²) in [5, 5.41) is 3.62. The monoisotopic (exact) mass is 414 g/mol. The van der Waals surface area contributed by atoms with Crippen molar-refractivity contribution in [1.29, 1.82) is 0 Å². The molecule has 1 aliphatic rings. The summed E-state index contributed by atoms with van der Waals surface area (Å²) in [6.07, 6.45) is 1.81. The first-order valence-electron chi connectivity index (χ1n) is 9.84. The Hall–Kier alpha value is -2.53. The van der Waals surface area contributed by atoms with Gasteiger partial charge in [-0.3, -0.25) is 9.59 Å². The number of amides is 2. The van der Waals surface area contributed by atoms with E-state index in [4.69, 9.17) is 16.3 Å². The molecule has 0 radical (unpaired) electrons. The van der Waals surface area contributed by atoms with E-state index in [9.17, 15) is 9.59 Å². The number of carbonyl (C=O) groups excluding carboxylic acids is 2. The van der Waals surface area contributed by atoms with E-state index in [0.29, 0.717) is 24.7 Å². The maximum absolute atomic E-state index is 12.9. The number of nitrogens with one attached hydrogen (secondary N) is 1. The van der Waals surface area contributed by atoms with E-state index in [1.807, 2.05) is 49.4 Å². The lowest BCUT2D eigenvalue weighted by atomic mass is 9.80. The van der Waals surface area contributed by atoms with E-state index in [0.717, 1.165) is 29.7 Å². The third-order valence-corrected chi connectivity index (χ3v) is 5.85. The number of hydrogen-bond acceptors (Lipinski definition) is 3. The smallest absolute Gasteiger partial charge is 0.227 e. The Morgan fingerprint density at radius 3 is 2.76 bits per heavy atom. The first kappa shape index (κ1) is 21.2. The second kappa shape index (κ2) is 9.31. The summed E-state index contributed by atoms with van der Waals surface area (Å²) in [6, 6.07) is 15.0. The van der Waals surface area contributed by atoms with Gasteiger partial charge < -0.3 is 15.0 Å². The molecule has 1 saturated heterocycles. The zero-order chi connectivity index (χ0) is 20.9. The molecule has 29 heavy (non-hydrogen) atoms. The summed E-state index contributed by atoms with van der Waals surface area (Å²) in [4.78, 5) is 27.5. The van der Waals surface area contributed by atoms with E-state index in [1.165, 1.54) is 0 Å². The Balaban J connectivity index is 1.60. The molecule has 2 aromatic carbocycles. The molecule has 0 spiro atoms. The van der Waals surface area contributed by atoms with Crippen LogP contribution in [-0.2, 0) is 22.6 Å². The van der Waals surface area contributed by atoms with Crippen LogP contribution in [0.25, 0.3) is 0 Å². The van der Waals surface area contributed by atoms with Gasteiger partial charge in [0.2, 0.25) is 11.8 Å². The van der Waals surface area contributed by atoms with Crippen molar-refractivity contribution < 1.29 is 14.3 Å². The van der Waals surface area contributed by atoms with Crippen molar-refractivity contribution in [1.82, 2.24) is 10.2 Å². The minimum Gasteiger partial charge on any atom is -0.497 e. The van der Waals surface area contributed by atoms with Crippen LogP contribution in [0.3, 0.4) is 0 Å². The number of piperidine rings is 1. The zero-order valence-corrected chi connectivity index (χ0v) is 17.7. The molecule has 3 rings (SSSR count). The van der Waals surface area contributed by atoms with Crippen LogP contribution in [-0.4, -0.2) is 36.9 Å². The van der Waals surface area contributed by atoms with Crippen LogP contribution in [0, 0.1) is 5.41 Å². The van der Waals surface area contributed by atoms with Gasteiger partial charge in [0.25, 0.3) is 0 Å². The van der Waals surface area contributed by atoms with Gasteiger partial charge >= 0.3 is 0 Å². The Morgan fingerprint density at radius 2 is 2.00 bits per heavy atom. The number of likely N-dealkylation sites (tertiary alicyclic amines) is 1. The maximum Gasteiger partial charge on any atom is 0.227 e. The summed E-state index contributed by atoms with van der Waals surface area (Å²) < 4.78 is 5.23. The van der Waals surface area contributed by atoms with Crippen LogP contribution in [0.5, 0.6) is 5.75 Å². The van der Waals surface area contributed by atoms with Crippen molar-refractivity contribution in [2.24, 2.45) is 5.41 Å². The number of benzene rings is 2. The summed E-state index contributed by atoms with van der Waals surface area (Å²) in [6.45, 7) is 3.45. The fraction of sp³-hybridized carbons (Fsp3) is 0.391. The number of methoxy groups -OCH3 is 1. The highest BCUT2D eigenvalue weighted by molar-refractivity contribution is 6.31. The fourth-order valence-corrected chi connectivity index (χ4v) is 3.93. The van der Waals surface area contributed by atoms with Gasteiger partial charge in [0, 0.05) is 24.7 Å². The highest BCUT2D eigenvalue weighted by Gasteiger charge is 2.39. The second-order valence-electron chi connectivity index (χ2n) is 7.78. The van der Waals surface area contributed by atoms with Gasteiger partial charge in [0.05, 0.1) is 18.9 Å². The number of halogens is 1. The summed E-state index contributed by atoms with van der Waals surface area (Å²) in [7, 11) is 1.62. The van der Waals surface area contributed by atoms with Gasteiger partial charge in [-0.2, -0.15) is 0 Å². The van der Waals surface area contributed by atoms with E-state index in [2.05, 4.69) is 5.32 Å². The lowest BCUT2D eigenvalue weighted by Crippen LogP contribution is -2.52. The van der Waals surface area contributed by atoms with Gasteiger partial charge in [-0.05, 0) is 49.1 Å². The van der Waals surface area contributed by atoms with Crippen molar-refractivity contribution in [3.63, 3.8) is 0 Å². The summed E-state index contributed by atoms with van der Waals surface area (Å²) >= 11 is 6.19. The highest BCUT2D eigenvalue weighted by Crippen LogP contribution is 2.30. The molecule has 1 aliphatic heterocycles. The molecule has 0 saturated carbocycles. The molecule has 1 unspecified atom stereocenters. The third-order valence-electron chi connectivity index (χ3n) is 5.48. The lowest BCUT2D eigenvalue weighted by molar-refractivity contribution is -0.140. The van der Waals surface area contributed by atoms with Crippen molar-refractivity contribution in [2.45, 2.75) is 32.7 Å². The Bertz CT molecular complexity index is 886. The van der Waals surface area contributed by atoms with E-state index in [1.54, 1.807) is 18.1 Å². The van der Waals surface area contributed by atoms with Crippen molar-refractivity contribution in [3.05, 3.63) is 64.7 Å². The van der Waals surface area contributed by atoms with E-state index in [-0.39, 0.29) is 18.2 Å². The molecule has 1 N–H and O–H groups in total. The normalized spacial score (nSPS) is 18.9. The molecule has 5 nitrogen and oxygen atoms in total. The highest BCUT2D eigenvalue weighted by atomic mass is 35.5. The predicted molar refractivity (Wildman–Crippen MR) is 114 cm³/mol. The Labute approximate surface area is 177 Å². The van der Waals surface area contributed by atoms with Crippen LogP contribution in [0.1, 0.15) is 30.9 Å². The molecule has 1 fully saturated rings. The molecule has 1 atom stereocenters. The van der Waals surface area contributed by atoms with E-state index < -0.39 is 5.41 Å². The fourth-order valence-electron chi connectivity index (χ4n) is 3.73. The molecule has 154 valence electrons. The molecular weight excluding hydrogens is 388 g/mol. The largest absolute Gasteiger partial charge is 0.497 e. The molecular formula is C23H27ClN2O3. The van der Waals surface area contributed by atoms with Gasteiger partial charge in [-0.1, -0.05) is 41.9 Å². The SMILES string of the molecule is COc1cccc(CNC(=O)C2(C)CCCN(C(=O)Cc3ccccc3Cl)C2)c1. The quantitative estimate of drug-likeness (QED) is 0.781. The van der Waals surface area contributed by atoms with Crippen LogP contribution < -0.4 is 10.1 Å². The van der Waals surface area contributed by atoms with E-state index >= 15 is 0 Å². The van der Waals surface area contributed by atoms with Gasteiger partial charge in [-0.15, -0.1) is 0 Å². The average molecular weight is 415 g/mol. The Kier molecular flexibility index (Phi) is 6.80. The molecule has 0 aliphatic carbocycles. The lowest BCUT2D eigenvalue weighted by Gasteiger charge is -2.39. The second-order valence-corrected chi connectivity index (χ2v) is 8.19. The number of hydrogen-bond donors (Lipinski definition) is 1. The van der Waals surface area contributed by atoms with Crippen LogP contribution in [0.15, 0.2) is 48.5 Å². The van der Waals surface area contributed by atoms with Crippen molar-refractivity contribution >= 4 is 23.4 Å². The minimum absolute atomic E-state index is 0.00428. The summed E-state index contributed by atoms with van der Waals surface area (Å²) in [5.74, 6) is 0.733. The van der Waals surface area contributed by atoms with Crippen LogP contribution in [0.2, 0.25) is 5.02 Å². The molecule has 0 aromatic heterocycles. The van der Waals surface area contributed by atoms with Gasteiger partial charge in [0.1, 0.15) is 5.75 Å². The first-order valence-corrected chi connectivity index (χ1v) is 10.2. The van der Waals surface area contributed by atoms with Crippen LogP contribution >= 0.6 is 11.6 Å². The summed E-state index contributed by atoms with van der Waals surface area (Å²) in [5.41, 5.74) is 1.19. The minimum atomic E-state index is -0.604. The number of nitrogens with zero attached hydrogens (tertiary/aromatic N) is 1. The maximum atomic E-state index is 12.9. The van der Waals surface area contributed by atoms with Crippen molar-refractivity contribution in [2.75, 3.05) is 20.2 Å². The topological polar surface area (TPSA) is 58.6 Å². The van der Waals surface area contributed by atoms with Crippen molar-refractivity contribution in [3.8, 4) is 5.75 Å². The number of carbonyl (C=O) groups is 2. The van der Waals surface area contributed by atoms with Crippen LogP contribution in [0.4, 0.5) is 0 Å². The number of rotatable bonds is 6. The number of ether oxygens (including phenoxy) is 1. The predicted octanol–water partition coefficient (Wildman–Crippen LogP) is 3.84. The standard InChI is InChI=1S/C23H27ClN2O3/c1-23(22(28)25-15-17-7-5-9-19(13-17)29-2)11-6-12-26(16-23)21(27)14-18-8-3-4-10-20(18)24/h3-5,7-10,13H,6,11-12,14-16H2,1-2H3,(H,25,28). The first-order chi connectivity index (χ1) is 13.9. The van der Waals surface area contributed by atoms with Gasteiger partial charge in [0.15, 0.2) is 0 Å². The molecule has 1 heterocycles. The molecule has 0 bridgehead atoms.